The van der Waals surface area contributed by atoms with Gasteiger partial charge in [-0.15, -0.1) is 0 Å². The predicted octanol–water partition coefficient (Wildman–Crippen LogP) is 1.93. The number of ether oxygens (including phenoxy) is 1. The Morgan fingerprint density at radius 2 is 2.08 bits per heavy atom. The average Bonchev–Trinajstić information content (AvgIpc) is 2.96. The van der Waals surface area contributed by atoms with Gasteiger partial charge in [-0.1, -0.05) is 0 Å². The largest absolute Gasteiger partial charge is 0.374 e. The van der Waals surface area contributed by atoms with E-state index in [9.17, 15) is 4.79 Å². The quantitative estimate of drug-likeness (QED) is 0.838. The first-order chi connectivity index (χ1) is 12.2. The highest BCUT2D eigenvalue weighted by Gasteiger charge is 2.36. The zero-order valence-electron chi connectivity index (χ0n) is 14.5. The van der Waals surface area contributed by atoms with Crippen LogP contribution < -0.4 is 4.90 Å². The molecule has 2 aliphatic rings. The van der Waals surface area contributed by atoms with Gasteiger partial charge in [-0.25, -0.2) is 0 Å². The molecule has 0 bridgehead atoms. The summed E-state index contributed by atoms with van der Waals surface area (Å²) in [5.41, 5.74) is 1.89. The highest BCUT2D eigenvalue weighted by molar-refractivity contribution is 5.92. The Morgan fingerprint density at radius 3 is 2.84 bits per heavy atom. The van der Waals surface area contributed by atoms with Crippen molar-refractivity contribution in [3.05, 3.63) is 48.5 Å². The van der Waals surface area contributed by atoms with Crippen LogP contribution in [0.3, 0.4) is 0 Å². The maximum atomic E-state index is 12.8. The number of amides is 1. The summed E-state index contributed by atoms with van der Waals surface area (Å²) in [7, 11) is 1.91. The standard InChI is InChI=1S/C19H24N4O2/c1-21-9-3-5-17(21)19(24)22-10-6-16-18(7-11-22)25-13-12-23(16)15-4-2-8-20-14-15/h2-5,8-9,14,16,18H,6-7,10-13H2,1H3/t16-,18-/m0/s1. The Balaban J connectivity index is 1.51. The van der Waals surface area contributed by atoms with E-state index in [-0.39, 0.29) is 12.0 Å². The number of hydrogen-bond donors (Lipinski definition) is 0. The van der Waals surface area contributed by atoms with Crippen molar-refractivity contribution in [1.82, 2.24) is 14.5 Å². The number of aromatic nitrogens is 2. The number of nitrogens with zero attached hydrogens (tertiary/aromatic N) is 4. The number of anilines is 1. The van der Waals surface area contributed by atoms with Crippen molar-refractivity contribution in [2.45, 2.75) is 25.0 Å². The predicted molar refractivity (Wildman–Crippen MR) is 95.7 cm³/mol. The van der Waals surface area contributed by atoms with Crippen molar-refractivity contribution in [3.8, 4) is 0 Å². The van der Waals surface area contributed by atoms with Crippen LogP contribution in [-0.4, -0.2) is 58.7 Å². The molecule has 2 aromatic rings. The van der Waals surface area contributed by atoms with Crippen LogP contribution in [0.25, 0.3) is 0 Å². The van der Waals surface area contributed by atoms with Gasteiger partial charge in [-0.05, 0) is 37.1 Å². The molecule has 0 aliphatic carbocycles. The molecule has 6 nitrogen and oxygen atoms in total. The Kier molecular flexibility index (Phi) is 4.44. The fraction of sp³-hybridized carbons (Fsp3) is 0.474. The fourth-order valence-electron chi connectivity index (χ4n) is 3.97. The first-order valence-electron chi connectivity index (χ1n) is 8.93. The molecule has 25 heavy (non-hydrogen) atoms. The molecule has 0 spiro atoms. The van der Waals surface area contributed by atoms with Crippen molar-refractivity contribution in [1.29, 1.82) is 0 Å². The van der Waals surface area contributed by atoms with E-state index in [4.69, 9.17) is 4.74 Å². The third-order valence-electron chi connectivity index (χ3n) is 5.30. The average molecular weight is 340 g/mol. The number of carbonyl (C=O) groups excluding carboxylic acids is 1. The normalized spacial score (nSPS) is 23.9. The number of carbonyl (C=O) groups is 1. The zero-order valence-corrected chi connectivity index (χ0v) is 14.5. The number of aryl methyl sites for hydroxylation is 1. The first-order valence-corrected chi connectivity index (χ1v) is 8.93. The summed E-state index contributed by atoms with van der Waals surface area (Å²) in [4.78, 5) is 21.5. The van der Waals surface area contributed by atoms with Crippen LogP contribution in [-0.2, 0) is 11.8 Å². The lowest BCUT2D eigenvalue weighted by molar-refractivity contribution is 0.00906. The van der Waals surface area contributed by atoms with E-state index in [0.29, 0.717) is 6.04 Å². The fourth-order valence-corrected chi connectivity index (χ4v) is 3.97. The van der Waals surface area contributed by atoms with Gasteiger partial charge in [0, 0.05) is 39.1 Å². The van der Waals surface area contributed by atoms with Gasteiger partial charge in [0.1, 0.15) is 5.69 Å². The molecule has 2 aliphatic heterocycles. The van der Waals surface area contributed by atoms with E-state index in [0.717, 1.165) is 50.5 Å². The van der Waals surface area contributed by atoms with E-state index < -0.39 is 0 Å². The third-order valence-corrected chi connectivity index (χ3v) is 5.30. The molecule has 132 valence electrons. The Morgan fingerprint density at radius 1 is 1.20 bits per heavy atom. The maximum Gasteiger partial charge on any atom is 0.270 e. The van der Waals surface area contributed by atoms with E-state index in [1.54, 1.807) is 6.20 Å². The van der Waals surface area contributed by atoms with Gasteiger partial charge in [0.15, 0.2) is 0 Å². The lowest BCUT2D eigenvalue weighted by Gasteiger charge is -2.41. The van der Waals surface area contributed by atoms with Gasteiger partial charge in [0.25, 0.3) is 5.91 Å². The minimum Gasteiger partial charge on any atom is -0.374 e. The summed E-state index contributed by atoms with van der Waals surface area (Å²) in [5.74, 6) is 0.110. The summed E-state index contributed by atoms with van der Waals surface area (Å²) < 4.78 is 7.94. The van der Waals surface area contributed by atoms with E-state index in [2.05, 4.69) is 16.0 Å². The summed E-state index contributed by atoms with van der Waals surface area (Å²) in [5, 5.41) is 0. The summed E-state index contributed by atoms with van der Waals surface area (Å²) in [6.45, 7) is 3.10. The van der Waals surface area contributed by atoms with Crippen LogP contribution in [0, 0.1) is 0 Å². The molecule has 2 aromatic heterocycles. The lowest BCUT2D eigenvalue weighted by Crippen LogP contribution is -2.51. The van der Waals surface area contributed by atoms with Crippen molar-refractivity contribution in [3.63, 3.8) is 0 Å². The van der Waals surface area contributed by atoms with Crippen LogP contribution in [0.1, 0.15) is 23.3 Å². The molecule has 0 aromatic carbocycles. The van der Waals surface area contributed by atoms with Crippen LogP contribution >= 0.6 is 0 Å². The maximum absolute atomic E-state index is 12.8. The number of rotatable bonds is 2. The first kappa shape index (κ1) is 16.1. The van der Waals surface area contributed by atoms with Gasteiger partial charge in [0.05, 0.1) is 30.6 Å². The molecular formula is C19H24N4O2. The molecule has 1 amide bonds. The lowest BCUT2D eigenvalue weighted by atomic mass is 10.0. The van der Waals surface area contributed by atoms with Gasteiger partial charge in [-0.3, -0.25) is 9.78 Å². The van der Waals surface area contributed by atoms with E-state index >= 15 is 0 Å². The van der Waals surface area contributed by atoms with Crippen molar-refractivity contribution >= 4 is 11.6 Å². The van der Waals surface area contributed by atoms with Crippen molar-refractivity contribution in [2.75, 3.05) is 31.1 Å². The van der Waals surface area contributed by atoms with Crippen LogP contribution in [0.15, 0.2) is 42.9 Å². The highest BCUT2D eigenvalue weighted by atomic mass is 16.5. The van der Waals surface area contributed by atoms with Crippen molar-refractivity contribution < 1.29 is 9.53 Å². The smallest absolute Gasteiger partial charge is 0.270 e. The minimum absolute atomic E-state index is 0.110. The van der Waals surface area contributed by atoms with Gasteiger partial charge in [0.2, 0.25) is 0 Å². The molecule has 2 fully saturated rings. The monoisotopic (exact) mass is 340 g/mol. The second-order valence-corrected chi connectivity index (χ2v) is 6.76. The van der Waals surface area contributed by atoms with Gasteiger partial charge >= 0.3 is 0 Å². The van der Waals surface area contributed by atoms with Crippen molar-refractivity contribution in [2.24, 2.45) is 7.05 Å². The number of hydrogen-bond acceptors (Lipinski definition) is 4. The molecule has 4 rings (SSSR count). The SMILES string of the molecule is Cn1cccc1C(=O)N1CC[C@@H]2OCCN(c3cccnc3)[C@H]2CC1. The van der Waals surface area contributed by atoms with Crippen LogP contribution in [0.4, 0.5) is 5.69 Å². The molecule has 4 heterocycles. The topological polar surface area (TPSA) is 50.6 Å². The summed E-state index contributed by atoms with van der Waals surface area (Å²) in [6.07, 6.45) is 7.58. The summed E-state index contributed by atoms with van der Waals surface area (Å²) in [6, 6.07) is 8.18. The second-order valence-electron chi connectivity index (χ2n) is 6.76. The molecule has 0 N–H and O–H groups in total. The Hall–Kier alpha value is -2.34. The Bertz CT molecular complexity index is 730. The minimum atomic E-state index is 0.110. The molecule has 2 atom stereocenters. The number of likely N-dealkylation sites (tertiary alicyclic amines) is 1. The number of fused-ring (bicyclic) bond motifs is 1. The molecule has 0 radical (unpaired) electrons. The molecular weight excluding hydrogens is 316 g/mol. The van der Waals surface area contributed by atoms with Crippen LogP contribution in [0.5, 0.6) is 0 Å². The second kappa shape index (κ2) is 6.88. The number of pyridine rings is 1. The third kappa shape index (κ3) is 3.14. The van der Waals surface area contributed by atoms with E-state index in [1.165, 1.54) is 0 Å². The van der Waals surface area contributed by atoms with Gasteiger partial charge < -0.3 is 19.1 Å². The van der Waals surface area contributed by atoms with Crippen LogP contribution in [0.2, 0.25) is 0 Å². The molecule has 0 unspecified atom stereocenters. The number of morpholine rings is 1. The molecule has 2 saturated heterocycles. The van der Waals surface area contributed by atoms with E-state index in [1.807, 2.05) is 47.1 Å². The Labute approximate surface area is 148 Å². The highest BCUT2D eigenvalue weighted by Crippen LogP contribution is 2.28. The molecule has 6 heteroatoms. The summed E-state index contributed by atoms with van der Waals surface area (Å²) >= 11 is 0. The zero-order chi connectivity index (χ0) is 17.2. The molecule has 0 saturated carbocycles. The van der Waals surface area contributed by atoms with Gasteiger partial charge in [-0.2, -0.15) is 0 Å².